The fourth-order valence-corrected chi connectivity index (χ4v) is 5.26. The number of carbonyl (C=O) groups is 2. The van der Waals surface area contributed by atoms with E-state index in [1.54, 1.807) is 5.06 Å². The molecule has 0 radical (unpaired) electrons. The minimum Gasteiger partial charge on any atom is -0.273 e. The van der Waals surface area contributed by atoms with Crippen LogP contribution < -0.4 is 9.96 Å². The summed E-state index contributed by atoms with van der Waals surface area (Å²) in [6.45, 7) is 0. The molecule has 0 unspecified atom stereocenters. The van der Waals surface area contributed by atoms with Crippen molar-refractivity contribution in [3.05, 3.63) is 112 Å². The fraction of sp³-hybridized carbons (Fsp3) is 0.111. The number of rotatable bonds is 4. The second-order valence-corrected chi connectivity index (χ2v) is 9.04. The average molecular weight is 500 g/mol. The standard InChI is InChI=1S/C27H18ClN3O5/c28-21-14-13-18(15-22(21)31(34)35)29-26(32)23-24(20-12-6-8-16-7-4-5-11-19(16)20)30(36-25(23)27(29)33)17-9-2-1-3-10-17/h1-15,23-25H/t23-,24-,25-/m1/s1. The molecule has 0 saturated carbocycles. The monoisotopic (exact) mass is 499 g/mol. The first-order valence-electron chi connectivity index (χ1n) is 11.3. The Kier molecular flexibility index (Phi) is 5.21. The van der Waals surface area contributed by atoms with Crippen LogP contribution in [0.5, 0.6) is 0 Å². The number of benzene rings is 4. The van der Waals surface area contributed by atoms with Crippen LogP contribution in [-0.4, -0.2) is 22.8 Å². The van der Waals surface area contributed by atoms with Crippen LogP contribution in [0.4, 0.5) is 17.1 Å². The number of halogens is 1. The molecule has 0 bridgehead atoms. The first kappa shape index (κ1) is 22.2. The molecule has 6 rings (SSSR count). The van der Waals surface area contributed by atoms with Crippen molar-refractivity contribution in [3.8, 4) is 0 Å². The van der Waals surface area contributed by atoms with Crippen molar-refractivity contribution < 1.29 is 19.3 Å². The molecule has 2 aliphatic rings. The molecule has 8 nitrogen and oxygen atoms in total. The third-order valence-corrected chi connectivity index (χ3v) is 6.97. The van der Waals surface area contributed by atoms with Gasteiger partial charge in [0.25, 0.3) is 11.6 Å². The smallest absolute Gasteiger partial charge is 0.273 e. The summed E-state index contributed by atoms with van der Waals surface area (Å²) in [7, 11) is 0. The largest absolute Gasteiger partial charge is 0.289 e. The lowest BCUT2D eigenvalue weighted by Gasteiger charge is -2.29. The summed E-state index contributed by atoms with van der Waals surface area (Å²) in [5, 5.41) is 14.9. The molecule has 3 atom stereocenters. The van der Waals surface area contributed by atoms with Gasteiger partial charge in [-0.1, -0.05) is 72.3 Å². The number of nitro groups is 1. The van der Waals surface area contributed by atoms with Crippen LogP contribution in [-0.2, 0) is 14.4 Å². The first-order valence-corrected chi connectivity index (χ1v) is 11.6. The highest BCUT2D eigenvalue weighted by Gasteiger charge is 2.60. The Morgan fingerprint density at radius 1 is 0.833 bits per heavy atom. The Morgan fingerprint density at radius 3 is 2.33 bits per heavy atom. The second-order valence-electron chi connectivity index (χ2n) is 8.63. The predicted molar refractivity (Wildman–Crippen MR) is 135 cm³/mol. The molecule has 4 aromatic carbocycles. The van der Waals surface area contributed by atoms with Crippen LogP contribution >= 0.6 is 11.6 Å². The third-order valence-electron chi connectivity index (χ3n) is 6.65. The van der Waals surface area contributed by atoms with Crippen molar-refractivity contribution in [3.63, 3.8) is 0 Å². The maximum atomic E-state index is 13.9. The van der Waals surface area contributed by atoms with Crippen molar-refractivity contribution in [2.24, 2.45) is 5.92 Å². The number of nitro benzene ring substituents is 1. The summed E-state index contributed by atoms with van der Waals surface area (Å²) < 4.78 is 0. The minimum absolute atomic E-state index is 0.0804. The van der Waals surface area contributed by atoms with Crippen LogP contribution in [0.1, 0.15) is 11.6 Å². The first-order chi connectivity index (χ1) is 17.5. The lowest BCUT2D eigenvalue weighted by atomic mass is 9.87. The topological polar surface area (TPSA) is 93.0 Å². The van der Waals surface area contributed by atoms with Gasteiger partial charge < -0.3 is 0 Å². The number of imide groups is 1. The van der Waals surface area contributed by atoms with Crippen molar-refractivity contribution in [1.82, 2.24) is 0 Å². The van der Waals surface area contributed by atoms with Crippen LogP contribution in [0.25, 0.3) is 10.8 Å². The van der Waals surface area contributed by atoms with Gasteiger partial charge >= 0.3 is 0 Å². The van der Waals surface area contributed by atoms with Gasteiger partial charge in [-0.15, -0.1) is 0 Å². The van der Waals surface area contributed by atoms with Gasteiger partial charge in [0.1, 0.15) is 10.9 Å². The second kappa shape index (κ2) is 8.44. The number of carbonyl (C=O) groups excluding carboxylic acids is 2. The van der Waals surface area contributed by atoms with Gasteiger partial charge in [-0.2, -0.15) is 0 Å². The Balaban J connectivity index is 1.49. The SMILES string of the molecule is O=C1[C@@H]2[C@@H](c3cccc4ccccc34)N(c3ccccc3)O[C@H]2C(=O)N1c1ccc(Cl)c([N+](=O)[O-])c1. The Hall–Kier alpha value is -4.27. The minimum atomic E-state index is -1.09. The van der Waals surface area contributed by atoms with Gasteiger partial charge in [0.15, 0.2) is 6.10 Å². The van der Waals surface area contributed by atoms with Crippen LogP contribution in [0.15, 0.2) is 91.0 Å². The molecule has 2 heterocycles. The molecule has 178 valence electrons. The number of hydrogen-bond donors (Lipinski definition) is 0. The zero-order valence-corrected chi connectivity index (χ0v) is 19.4. The fourth-order valence-electron chi connectivity index (χ4n) is 5.07. The Morgan fingerprint density at radius 2 is 1.56 bits per heavy atom. The molecule has 36 heavy (non-hydrogen) atoms. The van der Waals surface area contributed by atoms with Crippen molar-refractivity contribution in [2.75, 3.05) is 9.96 Å². The number of hydroxylamine groups is 1. The van der Waals surface area contributed by atoms with Crippen molar-refractivity contribution >= 4 is 51.2 Å². The van der Waals surface area contributed by atoms with E-state index >= 15 is 0 Å². The molecular formula is C27H18ClN3O5. The quantitative estimate of drug-likeness (QED) is 0.210. The lowest BCUT2D eigenvalue weighted by Crippen LogP contribution is -2.37. The molecule has 2 saturated heterocycles. The number of hydrogen-bond acceptors (Lipinski definition) is 6. The highest BCUT2D eigenvalue weighted by Crippen LogP contribution is 2.49. The molecule has 0 aliphatic carbocycles. The molecule has 9 heteroatoms. The highest BCUT2D eigenvalue weighted by molar-refractivity contribution is 6.33. The van der Waals surface area contributed by atoms with Gasteiger partial charge in [-0.3, -0.25) is 24.5 Å². The van der Waals surface area contributed by atoms with Crippen LogP contribution in [0.2, 0.25) is 5.02 Å². The molecule has 2 amide bonds. The molecule has 0 spiro atoms. The zero-order chi connectivity index (χ0) is 25.0. The summed E-state index contributed by atoms with van der Waals surface area (Å²) >= 11 is 5.95. The molecule has 0 aromatic heterocycles. The van der Waals surface area contributed by atoms with Gasteiger partial charge in [0.2, 0.25) is 5.91 Å². The maximum absolute atomic E-state index is 13.9. The van der Waals surface area contributed by atoms with E-state index in [-0.39, 0.29) is 16.4 Å². The van der Waals surface area contributed by atoms with E-state index in [1.807, 2.05) is 72.8 Å². The van der Waals surface area contributed by atoms with Crippen LogP contribution in [0.3, 0.4) is 0 Å². The van der Waals surface area contributed by atoms with Crippen LogP contribution in [0, 0.1) is 16.0 Å². The Labute approximate surface area is 210 Å². The van der Waals surface area contributed by atoms with Gasteiger partial charge in [0.05, 0.1) is 22.3 Å². The maximum Gasteiger partial charge on any atom is 0.289 e. The predicted octanol–water partition coefficient (Wildman–Crippen LogP) is 5.45. The van der Waals surface area contributed by atoms with E-state index in [1.165, 1.54) is 12.1 Å². The zero-order valence-electron chi connectivity index (χ0n) is 18.7. The van der Waals surface area contributed by atoms with Gasteiger partial charge in [0, 0.05) is 6.07 Å². The van der Waals surface area contributed by atoms with E-state index in [0.717, 1.165) is 27.3 Å². The summed E-state index contributed by atoms with van der Waals surface area (Å²) in [6.07, 6.45) is -1.09. The normalized spacial score (nSPS) is 21.3. The third kappa shape index (κ3) is 3.34. The summed E-state index contributed by atoms with van der Waals surface area (Å²) in [6, 6.07) is 26.2. The van der Waals surface area contributed by atoms with E-state index in [2.05, 4.69) is 0 Å². The molecule has 0 N–H and O–H groups in total. The van der Waals surface area contributed by atoms with Gasteiger partial charge in [-0.25, -0.2) is 9.96 Å². The average Bonchev–Trinajstić information content (AvgIpc) is 3.40. The van der Waals surface area contributed by atoms with E-state index < -0.39 is 34.8 Å². The van der Waals surface area contributed by atoms with Crippen molar-refractivity contribution in [1.29, 1.82) is 0 Å². The summed E-state index contributed by atoms with van der Waals surface area (Å²) in [4.78, 5) is 45.3. The summed E-state index contributed by atoms with van der Waals surface area (Å²) in [5.74, 6) is -1.93. The number of para-hydroxylation sites is 1. The molecule has 2 aliphatic heterocycles. The highest BCUT2D eigenvalue weighted by atomic mass is 35.5. The number of nitrogens with zero attached hydrogens (tertiary/aromatic N) is 3. The lowest BCUT2D eigenvalue weighted by molar-refractivity contribution is -0.384. The number of fused-ring (bicyclic) bond motifs is 2. The number of amides is 2. The Bertz CT molecular complexity index is 1540. The van der Waals surface area contributed by atoms with E-state index in [9.17, 15) is 19.7 Å². The number of anilines is 2. The molecular weight excluding hydrogens is 482 g/mol. The van der Waals surface area contributed by atoms with Gasteiger partial charge in [-0.05, 0) is 40.6 Å². The summed E-state index contributed by atoms with van der Waals surface area (Å²) in [5.41, 5.74) is 1.25. The van der Waals surface area contributed by atoms with Crippen molar-refractivity contribution in [2.45, 2.75) is 12.1 Å². The molecule has 4 aromatic rings. The van der Waals surface area contributed by atoms with E-state index in [4.69, 9.17) is 16.4 Å². The molecule has 2 fully saturated rings. The van der Waals surface area contributed by atoms with E-state index in [0.29, 0.717) is 5.69 Å².